The van der Waals surface area contributed by atoms with E-state index in [1.807, 2.05) is 30.6 Å². The Hall–Kier alpha value is -3.16. The maximum absolute atomic E-state index is 12.8. The number of carbonyl (C=O) groups is 1. The summed E-state index contributed by atoms with van der Waals surface area (Å²) in [4.78, 5) is 28.0. The summed E-state index contributed by atoms with van der Waals surface area (Å²) >= 11 is 0. The Bertz CT molecular complexity index is 1020. The van der Waals surface area contributed by atoms with Crippen molar-refractivity contribution in [2.24, 2.45) is 5.41 Å². The molecule has 2 saturated heterocycles. The van der Waals surface area contributed by atoms with Crippen molar-refractivity contribution in [2.75, 3.05) is 25.1 Å². The molecule has 0 N–H and O–H groups in total. The maximum atomic E-state index is 12.8. The number of para-hydroxylation sites is 2. The molecule has 3 aromatic rings. The molecule has 0 saturated carbocycles. The summed E-state index contributed by atoms with van der Waals surface area (Å²) in [6.07, 6.45) is 7.29. The Kier molecular flexibility index (Phi) is 4.34. The standard InChI is InChI=1S/C21H23N5O3/c1-28-16-11-22-20(23-12-16)25-8-6-21(7-9-25)10-15(29-19(21)27)13-26-14-24-17-4-2-3-5-18(17)26/h2-5,11-12,14-15H,6-10,13H2,1H3. The lowest BCUT2D eigenvalue weighted by molar-refractivity contribution is -0.150. The van der Waals surface area contributed by atoms with E-state index in [2.05, 4.69) is 24.4 Å². The Morgan fingerprint density at radius 1 is 1.17 bits per heavy atom. The predicted molar refractivity (Wildman–Crippen MR) is 107 cm³/mol. The zero-order chi connectivity index (χ0) is 19.8. The molecule has 2 aromatic heterocycles. The molecular formula is C21H23N5O3. The molecule has 1 spiro atoms. The molecule has 0 bridgehead atoms. The summed E-state index contributed by atoms with van der Waals surface area (Å²) in [5.41, 5.74) is 1.62. The van der Waals surface area contributed by atoms with Crippen molar-refractivity contribution in [1.29, 1.82) is 0 Å². The van der Waals surface area contributed by atoms with Crippen molar-refractivity contribution >= 4 is 23.0 Å². The quantitative estimate of drug-likeness (QED) is 0.630. The molecular weight excluding hydrogens is 370 g/mol. The van der Waals surface area contributed by atoms with Gasteiger partial charge < -0.3 is 18.9 Å². The Morgan fingerprint density at radius 2 is 1.93 bits per heavy atom. The van der Waals surface area contributed by atoms with Crippen LogP contribution in [0.4, 0.5) is 5.95 Å². The number of piperidine rings is 1. The molecule has 1 atom stereocenters. The van der Waals surface area contributed by atoms with Gasteiger partial charge in [0.1, 0.15) is 6.10 Å². The number of hydrogen-bond donors (Lipinski definition) is 0. The lowest BCUT2D eigenvalue weighted by Gasteiger charge is -2.36. The van der Waals surface area contributed by atoms with Gasteiger partial charge in [0.15, 0.2) is 5.75 Å². The summed E-state index contributed by atoms with van der Waals surface area (Å²) in [7, 11) is 1.59. The highest BCUT2D eigenvalue weighted by molar-refractivity contribution is 5.79. The first-order valence-corrected chi connectivity index (χ1v) is 9.89. The van der Waals surface area contributed by atoms with Crippen LogP contribution in [0.25, 0.3) is 11.0 Å². The Labute approximate surface area is 168 Å². The second kappa shape index (κ2) is 7.02. The van der Waals surface area contributed by atoms with Crippen LogP contribution in [0.3, 0.4) is 0 Å². The third-order valence-corrected chi connectivity index (χ3v) is 6.11. The average molecular weight is 393 g/mol. The van der Waals surface area contributed by atoms with E-state index in [9.17, 15) is 4.79 Å². The summed E-state index contributed by atoms with van der Waals surface area (Å²) in [5, 5.41) is 0. The van der Waals surface area contributed by atoms with Crippen LogP contribution in [0, 0.1) is 5.41 Å². The molecule has 0 amide bonds. The highest BCUT2D eigenvalue weighted by atomic mass is 16.6. The molecule has 29 heavy (non-hydrogen) atoms. The third-order valence-electron chi connectivity index (χ3n) is 6.11. The van der Waals surface area contributed by atoms with Gasteiger partial charge in [-0.1, -0.05) is 12.1 Å². The van der Waals surface area contributed by atoms with Gasteiger partial charge in [0, 0.05) is 19.5 Å². The van der Waals surface area contributed by atoms with Crippen molar-refractivity contribution in [1.82, 2.24) is 19.5 Å². The molecule has 150 valence electrons. The number of aromatic nitrogens is 4. The largest absolute Gasteiger partial charge is 0.494 e. The number of methoxy groups -OCH3 is 1. The second-order valence-corrected chi connectivity index (χ2v) is 7.81. The Balaban J connectivity index is 1.25. The van der Waals surface area contributed by atoms with Crippen molar-refractivity contribution in [3.8, 4) is 5.75 Å². The van der Waals surface area contributed by atoms with Crippen molar-refractivity contribution < 1.29 is 14.3 Å². The molecule has 1 aromatic carbocycles. The van der Waals surface area contributed by atoms with E-state index in [4.69, 9.17) is 9.47 Å². The number of ether oxygens (including phenoxy) is 2. The SMILES string of the molecule is COc1cnc(N2CCC3(CC2)CC(Cn2cnc4ccccc42)OC3=O)nc1. The van der Waals surface area contributed by atoms with E-state index in [0.29, 0.717) is 18.2 Å². The van der Waals surface area contributed by atoms with E-state index in [-0.39, 0.29) is 12.1 Å². The number of imidazole rings is 1. The van der Waals surface area contributed by atoms with E-state index < -0.39 is 5.41 Å². The summed E-state index contributed by atoms with van der Waals surface area (Å²) in [6, 6.07) is 8.01. The van der Waals surface area contributed by atoms with Gasteiger partial charge in [-0.15, -0.1) is 0 Å². The molecule has 0 aliphatic carbocycles. The number of esters is 1. The molecule has 5 rings (SSSR count). The minimum atomic E-state index is -0.399. The van der Waals surface area contributed by atoms with Crippen LogP contribution in [0.15, 0.2) is 43.0 Å². The Morgan fingerprint density at radius 3 is 2.69 bits per heavy atom. The number of nitrogens with zero attached hydrogens (tertiary/aromatic N) is 5. The van der Waals surface area contributed by atoms with E-state index in [1.54, 1.807) is 19.5 Å². The molecule has 8 nitrogen and oxygen atoms in total. The van der Waals surface area contributed by atoms with Crippen LogP contribution < -0.4 is 9.64 Å². The minimum Gasteiger partial charge on any atom is -0.494 e. The second-order valence-electron chi connectivity index (χ2n) is 7.81. The zero-order valence-corrected chi connectivity index (χ0v) is 16.3. The molecule has 0 radical (unpaired) electrons. The zero-order valence-electron chi connectivity index (χ0n) is 16.3. The van der Waals surface area contributed by atoms with Crippen molar-refractivity contribution in [2.45, 2.75) is 31.9 Å². The van der Waals surface area contributed by atoms with Crippen LogP contribution in [0.1, 0.15) is 19.3 Å². The van der Waals surface area contributed by atoms with Gasteiger partial charge in [-0.05, 0) is 25.0 Å². The fourth-order valence-corrected chi connectivity index (χ4v) is 4.44. The van der Waals surface area contributed by atoms with Gasteiger partial charge in [-0.25, -0.2) is 15.0 Å². The molecule has 2 fully saturated rings. The number of rotatable bonds is 4. The van der Waals surface area contributed by atoms with Gasteiger partial charge in [0.25, 0.3) is 0 Å². The van der Waals surface area contributed by atoms with E-state index >= 15 is 0 Å². The lowest BCUT2D eigenvalue weighted by atomic mass is 9.76. The molecule has 4 heterocycles. The van der Waals surface area contributed by atoms with Gasteiger partial charge in [0.05, 0.1) is 48.8 Å². The topological polar surface area (TPSA) is 82.4 Å². The fourth-order valence-electron chi connectivity index (χ4n) is 4.44. The number of cyclic esters (lactones) is 1. The van der Waals surface area contributed by atoms with Crippen LogP contribution in [0.5, 0.6) is 5.75 Å². The summed E-state index contributed by atoms with van der Waals surface area (Å²) in [5.74, 6) is 1.24. The maximum Gasteiger partial charge on any atom is 0.312 e. The number of hydrogen-bond acceptors (Lipinski definition) is 7. The monoisotopic (exact) mass is 393 g/mol. The number of anilines is 1. The smallest absolute Gasteiger partial charge is 0.312 e. The number of fused-ring (bicyclic) bond motifs is 1. The van der Waals surface area contributed by atoms with Crippen LogP contribution in [-0.4, -0.2) is 51.8 Å². The van der Waals surface area contributed by atoms with Crippen molar-refractivity contribution in [3.05, 3.63) is 43.0 Å². The predicted octanol–water partition coefficient (Wildman–Crippen LogP) is 2.44. The average Bonchev–Trinajstić information content (AvgIpc) is 3.30. The molecule has 2 aliphatic rings. The highest BCUT2D eigenvalue weighted by Gasteiger charge is 2.50. The number of benzene rings is 1. The molecule has 8 heteroatoms. The first-order valence-electron chi connectivity index (χ1n) is 9.89. The number of carbonyl (C=O) groups excluding carboxylic acids is 1. The van der Waals surface area contributed by atoms with Crippen LogP contribution >= 0.6 is 0 Å². The fraction of sp³-hybridized carbons (Fsp3) is 0.429. The third kappa shape index (κ3) is 3.18. The van der Waals surface area contributed by atoms with Crippen LogP contribution in [0.2, 0.25) is 0 Å². The summed E-state index contributed by atoms with van der Waals surface area (Å²) < 4.78 is 13.0. The normalized spacial score (nSPS) is 20.9. The highest BCUT2D eigenvalue weighted by Crippen LogP contribution is 2.44. The molecule has 1 unspecified atom stereocenters. The summed E-state index contributed by atoms with van der Waals surface area (Å²) in [6.45, 7) is 2.11. The first kappa shape index (κ1) is 17.9. The minimum absolute atomic E-state index is 0.0674. The van der Waals surface area contributed by atoms with E-state index in [0.717, 1.165) is 43.4 Å². The molecule has 2 aliphatic heterocycles. The van der Waals surface area contributed by atoms with Crippen molar-refractivity contribution in [3.63, 3.8) is 0 Å². The van der Waals surface area contributed by atoms with Gasteiger partial charge in [-0.2, -0.15) is 0 Å². The van der Waals surface area contributed by atoms with Crippen LogP contribution in [-0.2, 0) is 16.1 Å². The first-order chi connectivity index (χ1) is 14.2. The van der Waals surface area contributed by atoms with Gasteiger partial charge in [-0.3, -0.25) is 4.79 Å². The lowest BCUT2D eigenvalue weighted by Crippen LogP contribution is -2.43. The van der Waals surface area contributed by atoms with Gasteiger partial charge in [0.2, 0.25) is 5.95 Å². The van der Waals surface area contributed by atoms with E-state index in [1.165, 1.54) is 0 Å². The van der Waals surface area contributed by atoms with Gasteiger partial charge >= 0.3 is 5.97 Å².